The van der Waals surface area contributed by atoms with Crippen LogP contribution in [0.5, 0.6) is 0 Å². The van der Waals surface area contributed by atoms with Gasteiger partial charge in [0.15, 0.2) is 0 Å². The maximum atomic E-state index is 13.0. The average Bonchev–Trinajstić information content (AvgIpc) is 2.73. The Bertz CT molecular complexity index is 963. The van der Waals surface area contributed by atoms with Gasteiger partial charge in [0.05, 0.1) is 34.8 Å². The predicted octanol–water partition coefficient (Wildman–Crippen LogP) is 4.72. The first kappa shape index (κ1) is 22.2. The van der Waals surface area contributed by atoms with E-state index in [0.717, 1.165) is 5.56 Å². The Hall–Kier alpha value is -2.54. The number of benzene rings is 2. The largest absolute Gasteiger partial charge is 0.460 e. The van der Waals surface area contributed by atoms with Gasteiger partial charge in [-0.1, -0.05) is 65.7 Å². The molecule has 1 aliphatic heterocycles. The SMILES string of the molecule is COCCOC(=O)C1=C(C)N(Cc2ccccc2)C(=O)N[C@H]1c1cccc(Cl)c1Cl. The molecule has 1 atom stereocenters. The monoisotopic (exact) mass is 448 g/mol. The number of urea groups is 1. The maximum absolute atomic E-state index is 13.0. The predicted molar refractivity (Wildman–Crippen MR) is 115 cm³/mol. The van der Waals surface area contributed by atoms with Gasteiger partial charge in [0.25, 0.3) is 0 Å². The number of ether oxygens (including phenoxy) is 2. The first-order valence-electron chi connectivity index (χ1n) is 9.36. The van der Waals surface area contributed by atoms with Gasteiger partial charge >= 0.3 is 12.0 Å². The van der Waals surface area contributed by atoms with E-state index in [0.29, 0.717) is 28.4 Å². The Labute approximate surface area is 185 Å². The quantitative estimate of drug-likeness (QED) is 0.491. The molecule has 6 nitrogen and oxygen atoms in total. The molecule has 158 valence electrons. The fourth-order valence-corrected chi connectivity index (χ4v) is 3.69. The number of methoxy groups -OCH3 is 1. The molecular formula is C22H22Cl2N2O4. The second-order valence-corrected chi connectivity index (χ2v) is 7.51. The normalized spacial score (nSPS) is 16.5. The smallest absolute Gasteiger partial charge is 0.338 e. The van der Waals surface area contributed by atoms with E-state index in [-0.39, 0.29) is 24.3 Å². The zero-order valence-electron chi connectivity index (χ0n) is 16.7. The van der Waals surface area contributed by atoms with Crippen LogP contribution in [0.15, 0.2) is 59.8 Å². The summed E-state index contributed by atoms with van der Waals surface area (Å²) >= 11 is 12.6. The van der Waals surface area contributed by atoms with Gasteiger partial charge in [0.2, 0.25) is 0 Å². The van der Waals surface area contributed by atoms with E-state index >= 15 is 0 Å². The fourth-order valence-electron chi connectivity index (χ4n) is 3.27. The number of carbonyl (C=O) groups is 2. The highest BCUT2D eigenvalue weighted by Crippen LogP contribution is 2.37. The van der Waals surface area contributed by atoms with Crippen molar-refractivity contribution in [1.82, 2.24) is 10.2 Å². The molecule has 2 aromatic carbocycles. The van der Waals surface area contributed by atoms with Crippen molar-refractivity contribution in [3.8, 4) is 0 Å². The lowest BCUT2D eigenvalue weighted by atomic mass is 9.94. The van der Waals surface area contributed by atoms with Crippen molar-refractivity contribution in [2.24, 2.45) is 0 Å². The third-order valence-corrected chi connectivity index (χ3v) is 5.65. The molecule has 0 bridgehead atoms. The van der Waals surface area contributed by atoms with Crippen LogP contribution in [0, 0.1) is 0 Å². The maximum Gasteiger partial charge on any atom is 0.338 e. The topological polar surface area (TPSA) is 67.9 Å². The summed E-state index contributed by atoms with van der Waals surface area (Å²) in [5.41, 5.74) is 2.24. The van der Waals surface area contributed by atoms with Gasteiger partial charge in [0, 0.05) is 12.8 Å². The number of allylic oxidation sites excluding steroid dienone is 1. The second-order valence-electron chi connectivity index (χ2n) is 6.73. The Morgan fingerprint density at radius 3 is 2.53 bits per heavy atom. The van der Waals surface area contributed by atoms with Crippen molar-refractivity contribution in [2.75, 3.05) is 20.3 Å². The molecule has 1 N–H and O–H groups in total. The molecule has 2 aromatic rings. The molecule has 0 aromatic heterocycles. The van der Waals surface area contributed by atoms with Crippen molar-refractivity contribution in [2.45, 2.75) is 19.5 Å². The minimum absolute atomic E-state index is 0.0920. The van der Waals surface area contributed by atoms with Crippen LogP contribution in [-0.4, -0.2) is 37.2 Å². The molecule has 1 aliphatic rings. The van der Waals surface area contributed by atoms with Crippen LogP contribution in [0.25, 0.3) is 0 Å². The van der Waals surface area contributed by atoms with E-state index in [2.05, 4.69) is 5.32 Å². The molecular weight excluding hydrogens is 427 g/mol. The third kappa shape index (κ3) is 4.78. The van der Waals surface area contributed by atoms with Crippen LogP contribution in [-0.2, 0) is 20.8 Å². The molecule has 0 saturated carbocycles. The number of hydrogen-bond acceptors (Lipinski definition) is 4. The van der Waals surface area contributed by atoms with Crippen LogP contribution in [0.3, 0.4) is 0 Å². The molecule has 0 aliphatic carbocycles. The van der Waals surface area contributed by atoms with E-state index in [1.807, 2.05) is 30.3 Å². The highest BCUT2D eigenvalue weighted by molar-refractivity contribution is 6.42. The molecule has 0 saturated heterocycles. The molecule has 0 radical (unpaired) electrons. The van der Waals surface area contributed by atoms with Crippen molar-refractivity contribution >= 4 is 35.2 Å². The summed E-state index contributed by atoms with van der Waals surface area (Å²) in [5.74, 6) is -0.552. The van der Waals surface area contributed by atoms with Crippen LogP contribution >= 0.6 is 23.2 Å². The Morgan fingerprint density at radius 1 is 1.10 bits per heavy atom. The summed E-state index contributed by atoms with van der Waals surface area (Å²) in [7, 11) is 1.52. The van der Waals surface area contributed by atoms with E-state index in [4.69, 9.17) is 32.7 Å². The summed E-state index contributed by atoms with van der Waals surface area (Å²) in [6.07, 6.45) is 0. The minimum atomic E-state index is -0.786. The summed E-state index contributed by atoms with van der Waals surface area (Å²) in [5, 5.41) is 3.48. The van der Waals surface area contributed by atoms with Crippen LogP contribution < -0.4 is 5.32 Å². The summed E-state index contributed by atoms with van der Waals surface area (Å²) in [6, 6.07) is 13.5. The Kier molecular flexibility index (Phi) is 7.37. The second kappa shape index (κ2) is 9.98. The standard InChI is InChI=1S/C22H22Cl2N2O4/c1-14-18(21(27)30-12-11-29-2)20(16-9-6-10-17(23)19(16)24)25-22(28)26(14)13-15-7-4-3-5-8-15/h3-10,20H,11-13H2,1-2H3,(H,25,28)/t20-/m0/s1. The van der Waals surface area contributed by atoms with Crippen LogP contribution in [0.4, 0.5) is 4.79 Å². The van der Waals surface area contributed by atoms with E-state index < -0.39 is 12.0 Å². The number of hydrogen-bond donors (Lipinski definition) is 1. The highest BCUT2D eigenvalue weighted by Gasteiger charge is 2.37. The number of nitrogens with one attached hydrogen (secondary N) is 1. The lowest BCUT2D eigenvalue weighted by molar-refractivity contribution is -0.140. The van der Waals surface area contributed by atoms with E-state index in [9.17, 15) is 9.59 Å². The van der Waals surface area contributed by atoms with Gasteiger partial charge < -0.3 is 14.8 Å². The first-order chi connectivity index (χ1) is 14.4. The number of nitrogens with zero attached hydrogens (tertiary/aromatic N) is 1. The van der Waals surface area contributed by atoms with Gasteiger partial charge in [-0.25, -0.2) is 9.59 Å². The zero-order chi connectivity index (χ0) is 21.7. The van der Waals surface area contributed by atoms with Crippen LogP contribution in [0.1, 0.15) is 24.1 Å². The van der Waals surface area contributed by atoms with Crippen molar-refractivity contribution in [3.05, 3.63) is 81.0 Å². The highest BCUT2D eigenvalue weighted by atomic mass is 35.5. The molecule has 0 fully saturated rings. The van der Waals surface area contributed by atoms with Gasteiger partial charge in [-0.2, -0.15) is 0 Å². The van der Waals surface area contributed by atoms with E-state index in [1.165, 1.54) is 12.0 Å². The number of rotatable bonds is 7. The molecule has 2 amide bonds. The number of halogens is 2. The summed E-state index contributed by atoms with van der Waals surface area (Å²) < 4.78 is 10.3. The lowest BCUT2D eigenvalue weighted by Crippen LogP contribution is -2.47. The average molecular weight is 449 g/mol. The molecule has 8 heteroatoms. The number of esters is 1. The number of carbonyl (C=O) groups excluding carboxylic acids is 2. The van der Waals surface area contributed by atoms with Crippen molar-refractivity contribution in [3.63, 3.8) is 0 Å². The molecule has 30 heavy (non-hydrogen) atoms. The summed E-state index contributed by atoms with van der Waals surface area (Å²) in [6.45, 7) is 2.39. The van der Waals surface area contributed by atoms with E-state index in [1.54, 1.807) is 25.1 Å². The molecule has 1 heterocycles. The molecule has 0 unspecified atom stereocenters. The first-order valence-corrected chi connectivity index (χ1v) is 10.1. The number of amides is 2. The lowest BCUT2D eigenvalue weighted by Gasteiger charge is -2.35. The van der Waals surface area contributed by atoms with Crippen LogP contribution in [0.2, 0.25) is 10.0 Å². The fraction of sp³-hybridized carbons (Fsp3) is 0.273. The van der Waals surface area contributed by atoms with Crippen molar-refractivity contribution < 1.29 is 19.1 Å². The van der Waals surface area contributed by atoms with Gasteiger partial charge in [-0.15, -0.1) is 0 Å². The summed E-state index contributed by atoms with van der Waals surface area (Å²) in [4.78, 5) is 27.4. The third-order valence-electron chi connectivity index (χ3n) is 4.81. The molecule has 0 spiro atoms. The molecule has 3 rings (SSSR count). The Morgan fingerprint density at radius 2 is 1.83 bits per heavy atom. The van der Waals surface area contributed by atoms with Gasteiger partial charge in [0.1, 0.15) is 6.61 Å². The zero-order valence-corrected chi connectivity index (χ0v) is 18.2. The Balaban J connectivity index is 2.03. The van der Waals surface area contributed by atoms with Gasteiger partial charge in [-0.05, 0) is 24.1 Å². The van der Waals surface area contributed by atoms with Crippen molar-refractivity contribution in [1.29, 1.82) is 0 Å². The van der Waals surface area contributed by atoms with Gasteiger partial charge in [-0.3, -0.25) is 4.90 Å². The minimum Gasteiger partial charge on any atom is -0.460 e.